The molecule has 1 aliphatic rings. The minimum atomic E-state index is 0.433. The number of nitrogen functional groups attached to an aromatic ring is 2. The van der Waals surface area contributed by atoms with E-state index in [4.69, 9.17) is 11.5 Å². The van der Waals surface area contributed by atoms with Gasteiger partial charge in [-0.3, -0.25) is 0 Å². The van der Waals surface area contributed by atoms with Gasteiger partial charge < -0.3 is 21.8 Å². The lowest BCUT2D eigenvalue weighted by atomic mass is 9.81. The zero-order valence-corrected chi connectivity index (χ0v) is 13.5. The summed E-state index contributed by atoms with van der Waals surface area (Å²) >= 11 is 0. The number of hydrogen-bond acceptors (Lipinski definition) is 5. The molecule has 2 aromatic heterocycles. The van der Waals surface area contributed by atoms with Crippen molar-refractivity contribution in [2.45, 2.75) is 37.6 Å². The molecule has 0 radical (unpaired) electrons. The summed E-state index contributed by atoms with van der Waals surface area (Å²) in [4.78, 5) is 12.0. The monoisotopic (exact) mass is 322 g/mol. The van der Waals surface area contributed by atoms with Crippen molar-refractivity contribution in [3.05, 3.63) is 42.1 Å². The average Bonchev–Trinajstić information content (AvgIpc) is 3.00. The maximum Gasteiger partial charge on any atom is 0.201 e. The van der Waals surface area contributed by atoms with E-state index < -0.39 is 0 Å². The zero-order chi connectivity index (χ0) is 16.5. The van der Waals surface area contributed by atoms with E-state index in [1.54, 1.807) is 6.20 Å². The Morgan fingerprint density at radius 2 is 1.83 bits per heavy atom. The van der Waals surface area contributed by atoms with Crippen LogP contribution in [0.4, 0.5) is 17.5 Å². The van der Waals surface area contributed by atoms with E-state index in [-0.39, 0.29) is 0 Å². The number of imidazole rings is 1. The number of nitrogens with zero attached hydrogens (tertiary/aromatic N) is 2. The second kappa shape index (κ2) is 6.03. The maximum absolute atomic E-state index is 6.10. The van der Waals surface area contributed by atoms with Crippen molar-refractivity contribution in [3.63, 3.8) is 0 Å². The molecule has 0 saturated heterocycles. The quantitative estimate of drug-likeness (QED) is 0.592. The lowest BCUT2D eigenvalue weighted by Crippen LogP contribution is -2.26. The van der Waals surface area contributed by atoms with Crippen molar-refractivity contribution >= 4 is 28.5 Å². The van der Waals surface area contributed by atoms with Gasteiger partial charge in [0.1, 0.15) is 5.82 Å². The van der Waals surface area contributed by atoms with Crippen molar-refractivity contribution in [2.75, 3.05) is 16.8 Å². The number of anilines is 3. The number of H-pyrrole nitrogens is 1. The number of nitrogens with one attached hydrogen (secondary N) is 2. The first-order valence-corrected chi connectivity index (χ1v) is 8.42. The maximum atomic E-state index is 6.10. The van der Waals surface area contributed by atoms with Crippen LogP contribution in [0.3, 0.4) is 0 Å². The van der Waals surface area contributed by atoms with Gasteiger partial charge in [0.15, 0.2) is 0 Å². The van der Waals surface area contributed by atoms with Crippen LogP contribution in [-0.2, 0) is 0 Å². The Balaban J connectivity index is 1.41. The Bertz CT molecular complexity index is 815. The molecule has 6 N–H and O–H groups in total. The molecule has 1 fully saturated rings. The summed E-state index contributed by atoms with van der Waals surface area (Å²) in [7, 11) is 0. The van der Waals surface area contributed by atoms with Crippen molar-refractivity contribution in [2.24, 2.45) is 0 Å². The number of hydrogen-bond donors (Lipinski definition) is 4. The molecule has 0 bridgehead atoms. The summed E-state index contributed by atoms with van der Waals surface area (Å²) in [5, 5.41) is 3.53. The average molecular weight is 322 g/mol. The van der Waals surface area contributed by atoms with Crippen LogP contribution in [0.1, 0.15) is 37.2 Å². The molecule has 0 atom stereocenters. The van der Waals surface area contributed by atoms with Crippen LogP contribution in [-0.4, -0.2) is 21.0 Å². The zero-order valence-electron chi connectivity index (χ0n) is 13.5. The van der Waals surface area contributed by atoms with E-state index in [0.29, 0.717) is 23.5 Å². The normalized spacial score (nSPS) is 21.0. The van der Waals surface area contributed by atoms with Crippen LogP contribution in [0.15, 0.2) is 36.5 Å². The van der Waals surface area contributed by atoms with Gasteiger partial charge in [-0.1, -0.05) is 12.1 Å². The second-order valence-electron chi connectivity index (χ2n) is 6.49. The molecular formula is C18H22N6. The minimum absolute atomic E-state index is 0.433. The number of pyridine rings is 1. The van der Waals surface area contributed by atoms with Crippen molar-refractivity contribution in [1.82, 2.24) is 15.0 Å². The molecule has 0 aliphatic heterocycles. The van der Waals surface area contributed by atoms with Crippen molar-refractivity contribution in [1.29, 1.82) is 0 Å². The lowest BCUT2D eigenvalue weighted by molar-refractivity contribution is 0.412. The van der Waals surface area contributed by atoms with E-state index in [1.807, 2.05) is 30.3 Å². The van der Waals surface area contributed by atoms with Crippen LogP contribution in [0.2, 0.25) is 0 Å². The number of aromatic nitrogens is 3. The highest BCUT2D eigenvalue weighted by molar-refractivity contribution is 5.77. The highest BCUT2D eigenvalue weighted by Crippen LogP contribution is 2.37. The predicted octanol–water partition coefficient (Wildman–Crippen LogP) is 3.26. The Labute approximate surface area is 140 Å². The molecule has 2 heterocycles. The molecule has 0 unspecified atom stereocenters. The van der Waals surface area contributed by atoms with Gasteiger partial charge in [-0.2, -0.15) is 0 Å². The molecule has 6 nitrogen and oxygen atoms in total. The standard InChI is InChI=1S/C18H22N6/c19-16-13(9-10-21-17(16)20)11-5-7-12(8-6-11)22-18-23-14-3-1-2-4-15(14)24-18/h1-4,9-12H,5-8,19H2,(H2,20,21)(H2,22,23,24). The predicted molar refractivity (Wildman–Crippen MR) is 97.8 cm³/mol. The first kappa shape index (κ1) is 14.8. The number of rotatable bonds is 3. The molecule has 0 amide bonds. The molecule has 124 valence electrons. The third kappa shape index (κ3) is 2.75. The summed E-state index contributed by atoms with van der Waals surface area (Å²) in [6, 6.07) is 10.5. The molecule has 1 aliphatic carbocycles. The molecular weight excluding hydrogens is 300 g/mol. The summed E-state index contributed by atoms with van der Waals surface area (Å²) in [6.45, 7) is 0. The Morgan fingerprint density at radius 1 is 1.04 bits per heavy atom. The van der Waals surface area contributed by atoms with Gasteiger partial charge in [0.25, 0.3) is 0 Å². The smallest absolute Gasteiger partial charge is 0.201 e. The Morgan fingerprint density at radius 3 is 2.62 bits per heavy atom. The van der Waals surface area contributed by atoms with Gasteiger partial charge in [-0.05, 0) is 55.4 Å². The van der Waals surface area contributed by atoms with Gasteiger partial charge in [0.2, 0.25) is 5.95 Å². The molecule has 4 rings (SSSR count). The van der Waals surface area contributed by atoms with E-state index in [0.717, 1.165) is 48.2 Å². The number of para-hydroxylation sites is 2. The Kier molecular flexibility index (Phi) is 3.72. The van der Waals surface area contributed by atoms with E-state index in [1.165, 1.54) is 0 Å². The first-order valence-electron chi connectivity index (χ1n) is 8.42. The van der Waals surface area contributed by atoms with Crippen LogP contribution in [0.25, 0.3) is 11.0 Å². The fourth-order valence-corrected chi connectivity index (χ4v) is 3.62. The summed E-state index contributed by atoms with van der Waals surface area (Å²) in [6.07, 6.45) is 6.10. The SMILES string of the molecule is Nc1nccc(C2CCC(Nc3nc4ccccc4[nH]3)CC2)c1N. The first-order chi connectivity index (χ1) is 11.7. The molecule has 1 aromatic carbocycles. The largest absolute Gasteiger partial charge is 0.396 e. The highest BCUT2D eigenvalue weighted by Gasteiger charge is 2.24. The number of nitrogens with two attached hydrogens (primary N) is 2. The van der Waals surface area contributed by atoms with Gasteiger partial charge >= 0.3 is 0 Å². The third-order valence-corrected chi connectivity index (χ3v) is 4.95. The van der Waals surface area contributed by atoms with Crippen LogP contribution < -0.4 is 16.8 Å². The molecule has 24 heavy (non-hydrogen) atoms. The van der Waals surface area contributed by atoms with Gasteiger partial charge in [-0.25, -0.2) is 9.97 Å². The highest BCUT2D eigenvalue weighted by atomic mass is 15.1. The topological polar surface area (TPSA) is 106 Å². The summed E-state index contributed by atoms with van der Waals surface area (Å²) < 4.78 is 0. The lowest BCUT2D eigenvalue weighted by Gasteiger charge is -2.30. The van der Waals surface area contributed by atoms with E-state index in [2.05, 4.69) is 20.3 Å². The minimum Gasteiger partial charge on any atom is -0.396 e. The molecule has 1 saturated carbocycles. The van der Waals surface area contributed by atoms with E-state index >= 15 is 0 Å². The number of benzene rings is 1. The van der Waals surface area contributed by atoms with Crippen LogP contribution in [0, 0.1) is 0 Å². The fourth-order valence-electron chi connectivity index (χ4n) is 3.62. The summed E-state index contributed by atoms with van der Waals surface area (Å²) in [5.74, 6) is 1.76. The van der Waals surface area contributed by atoms with Crippen molar-refractivity contribution < 1.29 is 0 Å². The fraction of sp³-hybridized carbons (Fsp3) is 0.333. The molecule has 0 spiro atoms. The van der Waals surface area contributed by atoms with Crippen LogP contribution in [0.5, 0.6) is 0 Å². The molecule has 3 aromatic rings. The number of fused-ring (bicyclic) bond motifs is 1. The third-order valence-electron chi connectivity index (χ3n) is 4.95. The number of aromatic amines is 1. The Hall–Kier alpha value is -2.76. The van der Waals surface area contributed by atoms with Gasteiger partial charge in [0.05, 0.1) is 16.7 Å². The van der Waals surface area contributed by atoms with E-state index in [9.17, 15) is 0 Å². The summed E-state index contributed by atoms with van der Waals surface area (Å²) in [5.41, 5.74) is 15.8. The van der Waals surface area contributed by atoms with Gasteiger partial charge in [0, 0.05) is 12.2 Å². The molecule has 6 heteroatoms. The van der Waals surface area contributed by atoms with Crippen LogP contribution >= 0.6 is 0 Å². The van der Waals surface area contributed by atoms with Crippen molar-refractivity contribution in [3.8, 4) is 0 Å². The van der Waals surface area contributed by atoms with Gasteiger partial charge in [-0.15, -0.1) is 0 Å². The second-order valence-corrected chi connectivity index (χ2v) is 6.49.